The molecule has 1 aromatic carbocycles. The Morgan fingerprint density at radius 1 is 1.25 bits per heavy atom. The summed E-state index contributed by atoms with van der Waals surface area (Å²) in [6.07, 6.45) is 2.27. The molecule has 0 bridgehead atoms. The summed E-state index contributed by atoms with van der Waals surface area (Å²) in [4.78, 5) is 19.7. The summed E-state index contributed by atoms with van der Waals surface area (Å²) in [5.74, 6) is 0.0128. The lowest BCUT2D eigenvalue weighted by molar-refractivity contribution is -0.137. The van der Waals surface area contributed by atoms with Gasteiger partial charge in [-0.3, -0.25) is 4.79 Å². The number of rotatable bonds is 3. The van der Waals surface area contributed by atoms with Crippen LogP contribution in [0.3, 0.4) is 0 Å². The SMILES string of the molecule is Cc1nc(C2(c3ccccc3)CCN(C(=O)[C@H]3C[C@H](N)[C@@H](O)C3)CC2)cs1.Cl. The second kappa shape index (κ2) is 8.49. The zero-order chi connectivity index (χ0) is 19.0. The average molecular weight is 422 g/mol. The number of aliphatic hydroxyl groups is 1. The average Bonchev–Trinajstić information content (AvgIpc) is 3.28. The number of likely N-dealkylation sites (tertiary alicyclic amines) is 1. The van der Waals surface area contributed by atoms with Gasteiger partial charge in [0.25, 0.3) is 0 Å². The smallest absolute Gasteiger partial charge is 0.225 e. The maximum atomic E-state index is 12.9. The number of hydrogen-bond acceptors (Lipinski definition) is 5. The fourth-order valence-electron chi connectivity index (χ4n) is 4.65. The fourth-order valence-corrected chi connectivity index (χ4v) is 5.36. The molecule has 1 saturated heterocycles. The largest absolute Gasteiger partial charge is 0.391 e. The van der Waals surface area contributed by atoms with E-state index in [2.05, 4.69) is 29.6 Å². The van der Waals surface area contributed by atoms with Gasteiger partial charge < -0.3 is 15.7 Å². The van der Waals surface area contributed by atoms with Gasteiger partial charge in [-0.05, 0) is 38.2 Å². The maximum absolute atomic E-state index is 12.9. The van der Waals surface area contributed by atoms with Gasteiger partial charge in [0.15, 0.2) is 0 Å². The van der Waals surface area contributed by atoms with Crippen molar-refractivity contribution in [3.8, 4) is 0 Å². The highest BCUT2D eigenvalue weighted by atomic mass is 35.5. The molecule has 3 N–H and O–H groups in total. The quantitative estimate of drug-likeness (QED) is 0.798. The third-order valence-electron chi connectivity index (χ3n) is 6.29. The van der Waals surface area contributed by atoms with Crippen LogP contribution < -0.4 is 5.73 Å². The first-order valence-corrected chi connectivity index (χ1v) is 10.6. The first-order chi connectivity index (χ1) is 13.0. The number of aliphatic hydroxyl groups excluding tert-OH is 1. The Balaban J connectivity index is 0.00000225. The highest BCUT2D eigenvalue weighted by Crippen LogP contribution is 2.42. The number of carbonyl (C=O) groups excluding carboxylic acids is 1. The van der Waals surface area contributed by atoms with E-state index in [0.717, 1.165) is 23.5 Å². The van der Waals surface area contributed by atoms with Crippen molar-refractivity contribution in [3.63, 3.8) is 0 Å². The summed E-state index contributed by atoms with van der Waals surface area (Å²) in [6, 6.07) is 10.3. The zero-order valence-electron chi connectivity index (χ0n) is 16.1. The maximum Gasteiger partial charge on any atom is 0.225 e. The lowest BCUT2D eigenvalue weighted by Crippen LogP contribution is -2.47. The highest BCUT2D eigenvalue weighted by Gasteiger charge is 2.43. The monoisotopic (exact) mass is 421 g/mol. The Bertz CT molecular complexity index is 795. The van der Waals surface area contributed by atoms with E-state index >= 15 is 0 Å². The van der Waals surface area contributed by atoms with Gasteiger partial charge in [-0.25, -0.2) is 4.98 Å². The Labute approximate surface area is 176 Å². The number of nitrogens with zero attached hydrogens (tertiary/aromatic N) is 2. The molecular formula is C21H28ClN3O2S. The molecule has 2 aromatic rings. The minimum absolute atomic E-state index is 0. The van der Waals surface area contributed by atoms with Crippen LogP contribution in [0.25, 0.3) is 0 Å². The number of piperidine rings is 1. The summed E-state index contributed by atoms with van der Waals surface area (Å²) in [6.45, 7) is 3.47. The molecule has 0 radical (unpaired) electrons. The second-order valence-corrected chi connectivity index (χ2v) is 8.99. The van der Waals surface area contributed by atoms with Crippen LogP contribution >= 0.6 is 23.7 Å². The minimum Gasteiger partial charge on any atom is -0.391 e. The van der Waals surface area contributed by atoms with E-state index in [0.29, 0.717) is 25.9 Å². The molecule has 1 aliphatic carbocycles. The van der Waals surface area contributed by atoms with Crippen LogP contribution in [0.5, 0.6) is 0 Å². The molecule has 1 aliphatic heterocycles. The number of thiazole rings is 1. The van der Waals surface area contributed by atoms with Crippen LogP contribution in [0.2, 0.25) is 0 Å². The summed E-state index contributed by atoms with van der Waals surface area (Å²) in [5.41, 5.74) is 8.18. The van der Waals surface area contributed by atoms with E-state index in [-0.39, 0.29) is 35.7 Å². The van der Waals surface area contributed by atoms with Crippen molar-refractivity contribution in [2.75, 3.05) is 13.1 Å². The van der Waals surface area contributed by atoms with Crippen LogP contribution in [0.4, 0.5) is 0 Å². The molecule has 2 aliphatic rings. The van der Waals surface area contributed by atoms with Crippen molar-refractivity contribution in [1.82, 2.24) is 9.88 Å². The van der Waals surface area contributed by atoms with Crippen molar-refractivity contribution >= 4 is 29.7 Å². The van der Waals surface area contributed by atoms with Gasteiger partial charge in [-0.2, -0.15) is 0 Å². The molecule has 3 atom stereocenters. The first kappa shape index (κ1) is 21.2. The van der Waals surface area contributed by atoms with E-state index in [1.54, 1.807) is 11.3 Å². The number of benzene rings is 1. The molecule has 7 heteroatoms. The van der Waals surface area contributed by atoms with Gasteiger partial charge in [0.05, 0.1) is 16.8 Å². The van der Waals surface area contributed by atoms with E-state index < -0.39 is 6.10 Å². The lowest BCUT2D eigenvalue weighted by atomic mass is 9.70. The normalized spacial score (nSPS) is 26.7. The molecule has 4 rings (SSSR count). The molecule has 0 spiro atoms. The van der Waals surface area contributed by atoms with Crippen LogP contribution in [0, 0.1) is 12.8 Å². The highest BCUT2D eigenvalue weighted by molar-refractivity contribution is 7.09. The molecule has 1 saturated carbocycles. The molecule has 1 aromatic heterocycles. The van der Waals surface area contributed by atoms with Crippen LogP contribution in [-0.4, -0.2) is 46.1 Å². The van der Waals surface area contributed by atoms with Gasteiger partial charge in [0.2, 0.25) is 5.91 Å². The third-order valence-corrected chi connectivity index (χ3v) is 7.06. The van der Waals surface area contributed by atoms with Gasteiger partial charge in [-0.1, -0.05) is 30.3 Å². The summed E-state index contributed by atoms with van der Waals surface area (Å²) < 4.78 is 0. The van der Waals surface area contributed by atoms with E-state index in [4.69, 9.17) is 10.7 Å². The van der Waals surface area contributed by atoms with Gasteiger partial charge >= 0.3 is 0 Å². The van der Waals surface area contributed by atoms with Crippen molar-refractivity contribution in [2.45, 2.75) is 50.2 Å². The Hall–Kier alpha value is -1.47. The molecule has 2 fully saturated rings. The van der Waals surface area contributed by atoms with Crippen molar-refractivity contribution in [3.05, 3.63) is 52.0 Å². The number of aryl methyl sites for hydroxylation is 1. The zero-order valence-corrected chi connectivity index (χ0v) is 17.7. The van der Waals surface area contributed by atoms with E-state index in [1.165, 1.54) is 5.56 Å². The molecule has 28 heavy (non-hydrogen) atoms. The number of nitrogens with two attached hydrogens (primary N) is 1. The van der Waals surface area contributed by atoms with Crippen molar-refractivity contribution < 1.29 is 9.90 Å². The topological polar surface area (TPSA) is 79.5 Å². The summed E-state index contributed by atoms with van der Waals surface area (Å²) in [7, 11) is 0. The first-order valence-electron chi connectivity index (χ1n) is 9.70. The van der Waals surface area contributed by atoms with Crippen molar-refractivity contribution in [1.29, 1.82) is 0 Å². The van der Waals surface area contributed by atoms with Gasteiger partial charge in [0, 0.05) is 35.8 Å². The standard InChI is InChI=1S/C21H27N3O2S.ClH/c1-14-23-19(13-27-14)21(16-5-3-2-4-6-16)7-9-24(10-8-21)20(26)15-11-17(22)18(25)12-15;/h2-6,13,15,17-18,25H,7-12,22H2,1H3;1H/t15-,17-,18-;/m0./s1. The lowest BCUT2D eigenvalue weighted by Gasteiger charge is -2.42. The number of carbonyl (C=O) groups is 1. The van der Waals surface area contributed by atoms with Gasteiger partial charge in [-0.15, -0.1) is 23.7 Å². The number of aromatic nitrogens is 1. The Kier molecular flexibility index (Phi) is 6.44. The third kappa shape index (κ3) is 3.83. The summed E-state index contributed by atoms with van der Waals surface area (Å²) >= 11 is 1.69. The number of halogens is 1. The van der Waals surface area contributed by atoms with Crippen LogP contribution in [-0.2, 0) is 10.2 Å². The van der Waals surface area contributed by atoms with Gasteiger partial charge in [0.1, 0.15) is 0 Å². The van der Waals surface area contributed by atoms with Crippen LogP contribution in [0.15, 0.2) is 35.7 Å². The molecule has 2 heterocycles. The number of hydrogen-bond donors (Lipinski definition) is 2. The van der Waals surface area contributed by atoms with E-state index in [1.807, 2.05) is 17.9 Å². The van der Waals surface area contributed by atoms with Crippen LogP contribution in [0.1, 0.15) is 41.9 Å². The molecule has 152 valence electrons. The Morgan fingerprint density at radius 2 is 1.93 bits per heavy atom. The predicted molar refractivity (Wildman–Crippen MR) is 114 cm³/mol. The molecule has 1 amide bonds. The predicted octanol–water partition coefficient (Wildman–Crippen LogP) is 2.88. The fraction of sp³-hybridized carbons (Fsp3) is 0.524. The second-order valence-electron chi connectivity index (χ2n) is 7.92. The van der Waals surface area contributed by atoms with E-state index in [9.17, 15) is 9.90 Å². The molecule has 0 unspecified atom stereocenters. The molecule has 5 nitrogen and oxygen atoms in total. The number of amides is 1. The molecular weight excluding hydrogens is 394 g/mol. The van der Waals surface area contributed by atoms with Crippen molar-refractivity contribution in [2.24, 2.45) is 11.7 Å². The summed E-state index contributed by atoms with van der Waals surface area (Å²) in [5, 5.41) is 13.1. The minimum atomic E-state index is -0.551. The Morgan fingerprint density at radius 3 is 2.46 bits per heavy atom.